The standard InChI is InChI=1S/C14H20ClNO2/c1-16-8-13-5-6-14(18-13)10-17-9-11-3-2-4-12(15)7-11/h2-4,7,13-14,16H,5-6,8-10H2,1H3. The summed E-state index contributed by atoms with van der Waals surface area (Å²) in [7, 11) is 1.95. The Balaban J connectivity index is 1.67. The topological polar surface area (TPSA) is 30.5 Å². The second kappa shape index (κ2) is 7.10. The Kier molecular flexibility index (Phi) is 5.45. The fourth-order valence-corrected chi connectivity index (χ4v) is 2.43. The third kappa shape index (κ3) is 4.25. The van der Waals surface area contributed by atoms with Gasteiger partial charge in [-0.1, -0.05) is 23.7 Å². The molecule has 0 radical (unpaired) electrons. The van der Waals surface area contributed by atoms with Crippen LogP contribution in [0, 0.1) is 0 Å². The van der Waals surface area contributed by atoms with Gasteiger partial charge in [-0.3, -0.25) is 0 Å². The Hall–Kier alpha value is -0.610. The molecule has 0 aromatic heterocycles. The number of hydrogen-bond acceptors (Lipinski definition) is 3. The van der Waals surface area contributed by atoms with Crippen LogP contribution in [0.3, 0.4) is 0 Å². The molecular weight excluding hydrogens is 250 g/mol. The molecule has 100 valence electrons. The van der Waals surface area contributed by atoms with Crippen molar-refractivity contribution in [2.75, 3.05) is 20.2 Å². The fraction of sp³-hybridized carbons (Fsp3) is 0.571. The van der Waals surface area contributed by atoms with Gasteiger partial charge in [-0.15, -0.1) is 0 Å². The predicted molar refractivity (Wildman–Crippen MR) is 72.9 cm³/mol. The third-order valence-electron chi connectivity index (χ3n) is 3.09. The van der Waals surface area contributed by atoms with Crippen molar-refractivity contribution in [3.05, 3.63) is 34.9 Å². The first-order valence-corrected chi connectivity index (χ1v) is 6.78. The van der Waals surface area contributed by atoms with E-state index in [2.05, 4.69) is 5.32 Å². The molecule has 1 heterocycles. The Morgan fingerprint density at radius 1 is 1.39 bits per heavy atom. The highest BCUT2D eigenvalue weighted by Gasteiger charge is 2.24. The van der Waals surface area contributed by atoms with E-state index in [0.717, 1.165) is 30.0 Å². The number of benzene rings is 1. The molecule has 1 aliphatic rings. The molecule has 2 unspecified atom stereocenters. The first-order chi connectivity index (χ1) is 8.78. The summed E-state index contributed by atoms with van der Waals surface area (Å²) in [6, 6.07) is 7.76. The molecule has 0 aliphatic carbocycles. The highest BCUT2D eigenvalue weighted by atomic mass is 35.5. The van der Waals surface area contributed by atoms with Crippen molar-refractivity contribution >= 4 is 11.6 Å². The first kappa shape index (κ1) is 13.8. The second-order valence-corrected chi connectivity index (χ2v) is 5.10. The van der Waals surface area contributed by atoms with Crippen LogP contribution in [0.25, 0.3) is 0 Å². The lowest BCUT2D eigenvalue weighted by molar-refractivity contribution is -0.0185. The fourth-order valence-electron chi connectivity index (χ4n) is 2.22. The van der Waals surface area contributed by atoms with Crippen LogP contribution in [0.4, 0.5) is 0 Å². The molecule has 0 spiro atoms. The lowest BCUT2D eigenvalue weighted by atomic mass is 10.2. The van der Waals surface area contributed by atoms with E-state index in [0.29, 0.717) is 19.3 Å². The molecule has 4 heteroatoms. The molecule has 18 heavy (non-hydrogen) atoms. The number of hydrogen-bond donors (Lipinski definition) is 1. The minimum Gasteiger partial charge on any atom is -0.374 e. The average Bonchev–Trinajstić information content (AvgIpc) is 2.78. The van der Waals surface area contributed by atoms with Crippen molar-refractivity contribution in [2.45, 2.75) is 31.7 Å². The van der Waals surface area contributed by atoms with Crippen molar-refractivity contribution in [3.8, 4) is 0 Å². The number of likely N-dealkylation sites (N-methyl/N-ethyl adjacent to an activating group) is 1. The van der Waals surface area contributed by atoms with Gasteiger partial charge in [-0.2, -0.15) is 0 Å². The van der Waals surface area contributed by atoms with Crippen LogP contribution in [0.15, 0.2) is 24.3 Å². The van der Waals surface area contributed by atoms with Gasteiger partial charge < -0.3 is 14.8 Å². The van der Waals surface area contributed by atoms with Gasteiger partial charge in [0.15, 0.2) is 0 Å². The molecule has 0 bridgehead atoms. The van der Waals surface area contributed by atoms with Gasteiger partial charge >= 0.3 is 0 Å². The van der Waals surface area contributed by atoms with Gasteiger partial charge in [-0.25, -0.2) is 0 Å². The van der Waals surface area contributed by atoms with E-state index in [1.807, 2.05) is 31.3 Å². The molecule has 1 fully saturated rings. The monoisotopic (exact) mass is 269 g/mol. The van der Waals surface area contributed by atoms with Gasteiger partial charge in [0, 0.05) is 11.6 Å². The van der Waals surface area contributed by atoms with Gasteiger partial charge in [0.2, 0.25) is 0 Å². The molecule has 2 atom stereocenters. The van der Waals surface area contributed by atoms with Crippen molar-refractivity contribution in [1.29, 1.82) is 0 Å². The zero-order chi connectivity index (χ0) is 12.8. The lowest BCUT2D eigenvalue weighted by Crippen LogP contribution is -2.25. The number of nitrogens with one attached hydrogen (secondary N) is 1. The van der Waals surface area contributed by atoms with E-state index >= 15 is 0 Å². The van der Waals surface area contributed by atoms with E-state index < -0.39 is 0 Å². The summed E-state index contributed by atoms with van der Waals surface area (Å²) in [6.07, 6.45) is 2.78. The highest BCUT2D eigenvalue weighted by molar-refractivity contribution is 6.30. The van der Waals surface area contributed by atoms with E-state index in [1.165, 1.54) is 0 Å². The second-order valence-electron chi connectivity index (χ2n) is 4.66. The summed E-state index contributed by atoms with van der Waals surface area (Å²) in [5.74, 6) is 0. The van der Waals surface area contributed by atoms with Crippen LogP contribution in [0.1, 0.15) is 18.4 Å². The minimum atomic E-state index is 0.238. The van der Waals surface area contributed by atoms with Gasteiger partial charge in [0.05, 0.1) is 25.4 Å². The zero-order valence-corrected chi connectivity index (χ0v) is 11.5. The Morgan fingerprint density at radius 2 is 2.22 bits per heavy atom. The van der Waals surface area contributed by atoms with Crippen LogP contribution in [0.2, 0.25) is 5.02 Å². The maximum atomic E-state index is 5.92. The molecule has 3 nitrogen and oxygen atoms in total. The van der Waals surface area contributed by atoms with Crippen molar-refractivity contribution in [2.24, 2.45) is 0 Å². The van der Waals surface area contributed by atoms with Crippen LogP contribution in [-0.2, 0) is 16.1 Å². The number of halogens is 1. The molecule has 0 saturated carbocycles. The Morgan fingerprint density at radius 3 is 3.00 bits per heavy atom. The summed E-state index contributed by atoms with van der Waals surface area (Å²) in [4.78, 5) is 0. The SMILES string of the molecule is CNCC1CCC(COCc2cccc(Cl)c2)O1. The summed E-state index contributed by atoms with van der Waals surface area (Å²) < 4.78 is 11.5. The summed E-state index contributed by atoms with van der Waals surface area (Å²) in [5, 5.41) is 3.89. The first-order valence-electron chi connectivity index (χ1n) is 6.40. The van der Waals surface area contributed by atoms with E-state index in [-0.39, 0.29) is 6.10 Å². The van der Waals surface area contributed by atoms with Gasteiger partial charge in [-0.05, 0) is 37.6 Å². The van der Waals surface area contributed by atoms with Crippen LogP contribution in [-0.4, -0.2) is 32.4 Å². The minimum absolute atomic E-state index is 0.238. The molecule has 1 saturated heterocycles. The summed E-state index contributed by atoms with van der Waals surface area (Å²) in [5.41, 5.74) is 1.10. The predicted octanol–water partition coefficient (Wildman–Crippen LogP) is 2.62. The molecule has 2 rings (SSSR count). The maximum Gasteiger partial charge on any atom is 0.0814 e. The summed E-state index contributed by atoms with van der Waals surface area (Å²) >= 11 is 5.92. The average molecular weight is 270 g/mol. The van der Waals surface area contributed by atoms with Crippen molar-refractivity contribution in [3.63, 3.8) is 0 Å². The third-order valence-corrected chi connectivity index (χ3v) is 3.32. The van der Waals surface area contributed by atoms with Crippen LogP contribution >= 0.6 is 11.6 Å². The zero-order valence-electron chi connectivity index (χ0n) is 10.7. The summed E-state index contributed by atoms with van der Waals surface area (Å²) in [6.45, 7) is 2.18. The Labute approximate surface area is 113 Å². The van der Waals surface area contributed by atoms with Crippen molar-refractivity contribution < 1.29 is 9.47 Å². The largest absolute Gasteiger partial charge is 0.374 e. The number of ether oxygens (including phenoxy) is 2. The molecule has 1 N–H and O–H groups in total. The molecule has 1 aromatic rings. The number of rotatable bonds is 6. The molecule has 1 aromatic carbocycles. The molecule has 0 amide bonds. The molecule has 1 aliphatic heterocycles. The lowest BCUT2D eigenvalue weighted by Gasteiger charge is -2.13. The smallest absolute Gasteiger partial charge is 0.0814 e. The highest BCUT2D eigenvalue weighted by Crippen LogP contribution is 2.20. The molecular formula is C14H20ClNO2. The quantitative estimate of drug-likeness (QED) is 0.861. The van der Waals surface area contributed by atoms with E-state index in [4.69, 9.17) is 21.1 Å². The van der Waals surface area contributed by atoms with E-state index in [1.54, 1.807) is 0 Å². The van der Waals surface area contributed by atoms with Gasteiger partial charge in [0.1, 0.15) is 0 Å². The maximum absolute atomic E-state index is 5.92. The van der Waals surface area contributed by atoms with Crippen LogP contribution in [0.5, 0.6) is 0 Å². The van der Waals surface area contributed by atoms with Crippen molar-refractivity contribution in [1.82, 2.24) is 5.32 Å². The van der Waals surface area contributed by atoms with E-state index in [9.17, 15) is 0 Å². The Bertz CT molecular complexity index is 373. The van der Waals surface area contributed by atoms with Gasteiger partial charge in [0.25, 0.3) is 0 Å². The normalized spacial score (nSPS) is 23.4. The van der Waals surface area contributed by atoms with Crippen LogP contribution < -0.4 is 5.32 Å².